The molecule has 2 atom stereocenters. The van der Waals surface area contributed by atoms with Crippen LogP contribution in [0.15, 0.2) is 29.2 Å². The van der Waals surface area contributed by atoms with E-state index in [4.69, 9.17) is 5.73 Å². The van der Waals surface area contributed by atoms with Crippen LogP contribution in [0.5, 0.6) is 0 Å². The third-order valence-electron chi connectivity index (χ3n) is 4.54. The maximum Gasteiger partial charge on any atom is 0.0136 e. The van der Waals surface area contributed by atoms with Crippen LogP contribution in [-0.2, 0) is 6.42 Å². The van der Waals surface area contributed by atoms with Crippen LogP contribution in [0.2, 0.25) is 0 Å². The highest BCUT2D eigenvalue weighted by Crippen LogP contribution is 2.39. The fourth-order valence-electron chi connectivity index (χ4n) is 3.41. The summed E-state index contributed by atoms with van der Waals surface area (Å²) >= 11 is 2.07. The first-order chi connectivity index (χ1) is 8.83. The van der Waals surface area contributed by atoms with E-state index in [-0.39, 0.29) is 0 Å². The Bertz CT molecular complexity index is 373. The summed E-state index contributed by atoms with van der Waals surface area (Å²) in [6.45, 7) is 0. The van der Waals surface area contributed by atoms with Crippen LogP contribution < -0.4 is 5.73 Å². The third-order valence-corrected chi connectivity index (χ3v) is 5.93. The Balaban J connectivity index is 1.48. The first-order valence-electron chi connectivity index (χ1n) is 7.33. The number of fused-ring (bicyclic) bond motifs is 1. The zero-order valence-electron chi connectivity index (χ0n) is 11.0. The van der Waals surface area contributed by atoms with E-state index < -0.39 is 0 Å². The summed E-state index contributed by atoms with van der Waals surface area (Å²) in [5.74, 6) is 0.818. The molecule has 2 unspecified atom stereocenters. The van der Waals surface area contributed by atoms with Gasteiger partial charge in [0.25, 0.3) is 0 Å². The van der Waals surface area contributed by atoms with Crippen LogP contribution in [0.1, 0.15) is 44.1 Å². The summed E-state index contributed by atoms with van der Waals surface area (Å²) in [5, 5.41) is 0.773. The van der Waals surface area contributed by atoms with E-state index in [9.17, 15) is 0 Å². The maximum absolute atomic E-state index is 6.35. The summed E-state index contributed by atoms with van der Waals surface area (Å²) in [6.07, 6.45) is 9.31. The highest BCUT2D eigenvalue weighted by molar-refractivity contribution is 8.00. The van der Waals surface area contributed by atoms with Gasteiger partial charge in [-0.3, -0.25) is 0 Å². The molecule has 3 rings (SSSR count). The van der Waals surface area contributed by atoms with Gasteiger partial charge in [-0.05, 0) is 49.7 Å². The molecule has 2 heteroatoms. The Morgan fingerprint density at radius 1 is 1.22 bits per heavy atom. The van der Waals surface area contributed by atoms with Gasteiger partial charge in [0.15, 0.2) is 0 Å². The summed E-state index contributed by atoms with van der Waals surface area (Å²) < 4.78 is 0. The minimum Gasteiger partial charge on any atom is -0.327 e. The molecular weight excluding hydrogens is 238 g/mol. The lowest BCUT2D eigenvalue weighted by Crippen LogP contribution is -2.29. The fourth-order valence-corrected chi connectivity index (χ4v) is 4.75. The number of hydrogen-bond donors (Lipinski definition) is 1. The predicted molar refractivity (Wildman–Crippen MR) is 79.0 cm³/mol. The molecule has 0 amide bonds. The molecule has 0 radical (unpaired) electrons. The highest BCUT2D eigenvalue weighted by Gasteiger charge is 2.25. The molecule has 2 aliphatic rings. The Hall–Kier alpha value is -0.470. The average molecular weight is 261 g/mol. The van der Waals surface area contributed by atoms with E-state index in [0.717, 1.165) is 11.2 Å². The second-order valence-corrected chi connectivity index (χ2v) is 7.18. The summed E-state index contributed by atoms with van der Waals surface area (Å²) in [5.41, 5.74) is 7.90. The van der Waals surface area contributed by atoms with Crippen molar-refractivity contribution in [3.05, 3.63) is 29.8 Å². The number of hydrogen-bond acceptors (Lipinski definition) is 2. The van der Waals surface area contributed by atoms with E-state index in [0.29, 0.717) is 6.04 Å². The van der Waals surface area contributed by atoms with Crippen molar-refractivity contribution in [2.45, 2.75) is 61.1 Å². The topological polar surface area (TPSA) is 26.0 Å². The van der Waals surface area contributed by atoms with Crippen molar-refractivity contribution in [2.24, 2.45) is 11.7 Å². The van der Waals surface area contributed by atoms with Crippen LogP contribution in [0.4, 0.5) is 0 Å². The van der Waals surface area contributed by atoms with Crippen molar-refractivity contribution in [1.82, 2.24) is 0 Å². The molecule has 1 heterocycles. The van der Waals surface area contributed by atoms with E-state index >= 15 is 0 Å². The van der Waals surface area contributed by atoms with Gasteiger partial charge in [0.05, 0.1) is 0 Å². The van der Waals surface area contributed by atoms with Crippen molar-refractivity contribution >= 4 is 11.8 Å². The zero-order chi connectivity index (χ0) is 12.4. The molecule has 0 aromatic heterocycles. The van der Waals surface area contributed by atoms with E-state index in [2.05, 4.69) is 36.0 Å². The van der Waals surface area contributed by atoms with Gasteiger partial charge in [-0.15, -0.1) is 11.8 Å². The standard InChI is InChI=1S/C16H23NS/c17-15(12-5-1-2-6-12)10-9-14-11-13-7-3-4-8-16(13)18-14/h3-4,7-8,12,14-15H,1-2,5-6,9-11,17H2. The van der Waals surface area contributed by atoms with Crippen molar-refractivity contribution in [3.8, 4) is 0 Å². The van der Waals surface area contributed by atoms with Gasteiger partial charge in [0, 0.05) is 16.2 Å². The molecule has 1 aromatic rings. The third kappa shape index (κ3) is 2.75. The Morgan fingerprint density at radius 2 is 2.00 bits per heavy atom. The van der Waals surface area contributed by atoms with Gasteiger partial charge in [-0.25, -0.2) is 0 Å². The van der Waals surface area contributed by atoms with Crippen LogP contribution in [0.25, 0.3) is 0 Å². The fraction of sp³-hybridized carbons (Fsp3) is 0.625. The van der Waals surface area contributed by atoms with Crippen LogP contribution in [0, 0.1) is 5.92 Å². The van der Waals surface area contributed by atoms with Gasteiger partial charge in [-0.1, -0.05) is 31.0 Å². The maximum atomic E-state index is 6.35. The molecule has 0 saturated heterocycles. The van der Waals surface area contributed by atoms with Gasteiger partial charge >= 0.3 is 0 Å². The SMILES string of the molecule is NC(CCC1Cc2ccccc2S1)C1CCCC1. The minimum absolute atomic E-state index is 0.455. The summed E-state index contributed by atoms with van der Waals surface area (Å²) in [4.78, 5) is 1.50. The largest absolute Gasteiger partial charge is 0.327 e. The molecule has 2 N–H and O–H groups in total. The van der Waals surface area contributed by atoms with E-state index in [1.54, 1.807) is 5.56 Å². The summed E-state index contributed by atoms with van der Waals surface area (Å²) in [6, 6.07) is 9.30. The predicted octanol–water partition coefficient (Wildman–Crippen LogP) is 4.00. The first-order valence-corrected chi connectivity index (χ1v) is 8.21. The number of nitrogens with two attached hydrogens (primary N) is 1. The average Bonchev–Trinajstić information content (AvgIpc) is 3.04. The van der Waals surface area contributed by atoms with Gasteiger partial charge in [-0.2, -0.15) is 0 Å². The summed E-state index contributed by atoms with van der Waals surface area (Å²) in [7, 11) is 0. The molecule has 0 spiro atoms. The van der Waals surface area contributed by atoms with Gasteiger partial charge in [0.1, 0.15) is 0 Å². The zero-order valence-corrected chi connectivity index (χ0v) is 11.8. The second kappa shape index (κ2) is 5.66. The minimum atomic E-state index is 0.455. The van der Waals surface area contributed by atoms with Crippen LogP contribution >= 0.6 is 11.8 Å². The Kier molecular flexibility index (Phi) is 3.95. The highest BCUT2D eigenvalue weighted by atomic mass is 32.2. The molecule has 1 nitrogen and oxygen atoms in total. The molecule has 18 heavy (non-hydrogen) atoms. The molecular formula is C16H23NS. The Morgan fingerprint density at radius 3 is 2.78 bits per heavy atom. The number of benzene rings is 1. The second-order valence-electron chi connectivity index (χ2n) is 5.84. The monoisotopic (exact) mass is 261 g/mol. The molecule has 1 fully saturated rings. The van der Waals surface area contributed by atoms with Crippen molar-refractivity contribution in [1.29, 1.82) is 0 Å². The van der Waals surface area contributed by atoms with Crippen LogP contribution in [-0.4, -0.2) is 11.3 Å². The molecule has 98 valence electrons. The van der Waals surface area contributed by atoms with Gasteiger partial charge in [0.2, 0.25) is 0 Å². The molecule has 1 saturated carbocycles. The van der Waals surface area contributed by atoms with Crippen molar-refractivity contribution < 1.29 is 0 Å². The normalized spacial score (nSPS) is 25.3. The van der Waals surface area contributed by atoms with Crippen molar-refractivity contribution in [2.75, 3.05) is 0 Å². The first kappa shape index (κ1) is 12.6. The van der Waals surface area contributed by atoms with Crippen LogP contribution in [0.3, 0.4) is 0 Å². The number of thioether (sulfide) groups is 1. The number of rotatable bonds is 4. The lowest BCUT2D eigenvalue weighted by Gasteiger charge is -2.20. The molecule has 1 aliphatic heterocycles. The smallest absolute Gasteiger partial charge is 0.0136 e. The Labute approximate surface area is 115 Å². The lowest BCUT2D eigenvalue weighted by molar-refractivity contribution is 0.400. The van der Waals surface area contributed by atoms with E-state index in [1.165, 1.54) is 49.8 Å². The molecule has 1 aliphatic carbocycles. The molecule has 1 aromatic carbocycles. The van der Waals surface area contributed by atoms with E-state index in [1.807, 2.05) is 0 Å². The van der Waals surface area contributed by atoms with Gasteiger partial charge < -0.3 is 5.73 Å². The quantitative estimate of drug-likeness (QED) is 0.886. The molecule has 0 bridgehead atoms. The van der Waals surface area contributed by atoms with Crippen molar-refractivity contribution in [3.63, 3.8) is 0 Å². The lowest BCUT2D eigenvalue weighted by atomic mass is 9.93.